The van der Waals surface area contributed by atoms with Crippen LogP contribution in [0.15, 0.2) is 42.5 Å². The van der Waals surface area contributed by atoms with Crippen LogP contribution in [0.5, 0.6) is 11.5 Å². The summed E-state index contributed by atoms with van der Waals surface area (Å²) in [5, 5.41) is 0. The summed E-state index contributed by atoms with van der Waals surface area (Å²) in [5.74, 6) is 0.873. The number of ether oxygens (including phenoxy) is 2. The van der Waals surface area contributed by atoms with Crippen molar-refractivity contribution >= 4 is 6.09 Å². The predicted octanol–water partition coefficient (Wildman–Crippen LogP) is 3.56. The third-order valence-electron chi connectivity index (χ3n) is 5.09. The van der Waals surface area contributed by atoms with E-state index in [1.807, 2.05) is 24.3 Å². The van der Waals surface area contributed by atoms with Crippen LogP contribution in [-0.4, -0.2) is 30.7 Å². The Hall–Kier alpha value is -2.60. The molecule has 1 unspecified atom stereocenters. The van der Waals surface area contributed by atoms with E-state index in [0.29, 0.717) is 24.3 Å². The zero-order valence-corrected chi connectivity index (χ0v) is 13.8. The number of hydrogen-bond donors (Lipinski definition) is 1. The SMILES string of the molecule is COC(=O)N1C2c3cc(F)ccc3Oc3ccccc3[C@H]2C[C@@H]1CN. The molecule has 2 heterocycles. The van der Waals surface area contributed by atoms with Crippen LogP contribution in [0.2, 0.25) is 0 Å². The number of hydrogen-bond acceptors (Lipinski definition) is 4. The van der Waals surface area contributed by atoms with Gasteiger partial charge in [0.15, 0.2) is 0 Å². The second kappa shape index (κ2) is 6.04. The van der Waals surface area contributed by atoms with Crippen molar-refractivity contribution in [2.75, 3.05) is 13.7 Å². The van der Waals surface area contributed by atoms with E-state index in [1.165, 1.54) is 19.2 Å². The molecule has 1 saturated heterocycles. The van der Waals surface area contributed by atoms with Crippen LogP contribution in [0.3, 0.4) is 0 Å². The van der Waals surface area contributed by atoms with Crippen LogP contribution in [0.25, 0.3) is 0 Å². The molecule has 25 heavy (non-hydrogen) atoms. The molecule has 1 fully saturated rings. The van der Waals surface area contributed by atoms with Crippen molar-refractivity contribution < 1.29 is 18.7 Å². The Labute approximate surface area is 145 Å². The summed E-state index contributed by atoms with van der Waals surface area (Å²) in [6.07, 6.45) is 0.213. The fourth-order valence-electron chi connectivity index (χ4n) is 4.04. The third-order valence-corrected chi connectivity index (χ3v) is 5.09. The van der Waals surface area contributed by atoms with Gasteiger partial charge in [0.05, 0.1) is 13.2 Å². The first-order valence-corrected chi connectivity index (χ1v) is 8.26. The van der Waals surface area contributed by atoms with Crippen molar-refractivity contribution in [3.8, 4) is 11.5 Å². The van der Waals surface area contributed by atoms with Crippen molar-refractivity contribution in [2.45, 2.75) is 24.4 Å². The maximum Gasteiger partial charge on any atom is 0.410 e. The van der Waals surface area contributed by atoms with Crippen molar-refractivity contribution in [3.63, 3.8) is 0 Å². The molecule has 130 valence electrons. The van der Waals surface area contributed by atoms with Gasteiger partial charge in [-0.25, -0.2) is 9.18 Å². The van der Waals surface area contributed by atoms with Gasteiger partial charge in [0, 0.05) is 29.6 Å². The van der Waals surface area contributed by atoms with Crippen molar-refractivity contribution in [1.82, 2.24) is 4.90 Å². The summed E-state index contributed by atoms with van der Waals surface area (Å²) in [6.45, 7) is 0.315. The zero-order valence-electron chi connectivity index (χ0n) is 13.8. The lowest BCUT2D eigenvalue weighted by Gasteiger charge is -2.30. The molecule has 0 radical (unpaired) electrons. The van der Waals surface area contributed by atoms with Gasteiger partial charge in [-0.1, -0.05) is 18.2 Å². The summed E-state index contributed by atoms with van der Waals surface area (Å²) >= 11 is 0. The smallest absolute Gasteiger partial charge is 0.410 e. The Bertz CT molecular complexity index is 826. The normalized spacial score (nSPS) is 23.8. The summed E-state index contributed by atoms with van der Waals surface area (Å²) in [7, 11) is 1.34. The van der Waals surface area contributed by atoms with Crippen molar-refractivity contribution in [1.29, 1.82) is 0 Å². The quantitative estimate of drug-likeness (QED) is 0.861. The Balaban J connectivity index is 1.94. The largest absolute Gasteiger partial charge is 0.457 e. The number of nitrogens with two attached hydrogens (primary N) is 1. The molecule has 2 N–H and O–H groups in total. The molecule has 2 aliphatic rings. The topological polar surface area (TPSA) is 64.8 Å². The monoisotopic (exact) mass is 342 g/mol. The van der Waals surface area contributed by atoms with Crippen LogP contribution in [-0.2, 0) is 4.74 Å². The van der Waals surface area contributed by atoms with Gasteiger partial charge >= 0.3 is 6.09 Å². The first-order valence-electron chi connectivity index (χ1n) is 8.26. The molecule has 1 amide bonds. The minimum absolute atomic E-state index is 0.0353. The number of halogens is 1. The lowest BCUT2D eigenvalue weighted by atomic mass is 9.87. The fourth-order valence-corrected chi connectivity index (χ4v) is 4.04. The van der Waals surface area contributed by atoms with Crippen LogP contribution in [0.4, 0.5) is 9.18 Å². The maximum atomic E-state index is 14.0. The average molecular weight is 342 g/mol. The van der Waals surface area contributed by atoms with Crippen LogP contribution >= 0.6 is 0 Å². The highest BCUT2D eigenvalue weighted by atomic mass is 19.1. The summed E-state index contributed by atoms with van der Waals surface area (Å²) in [4.78, 5) is 14.1. The van der Waals surface area contributed by atoms with Gasteiger partial charge in [-0.05, 0) is 30.7 Å². The standard InChI is InChI=1S/C19H19FN2O3/c1-24-19(23)22-12(10-21)9-14-13-4-2-3-5-16(13)25-17-7-6-11(20)8-15(17)18(14)22/h2-8,12,14,18H,9-10,21H2,1H3/t12-,14-,18?/m1/s1. The lowest BCUT2D eigenvalue weighted by Crippen LogP contribution is -2.41. The molecule has 0 aliphatic carbocycles. The van der Waals surface area contributed by atoms with E-state index in [9.17, 15) is 9.18 Å². The van der Waals surface area contributed by atoms with Gasteiger partial charge < -0.3 is 15.2 Å². The molecule has 0 spiro atoms. The average Bonchev–Trinajstić information content (AvgIpc) is 2.96. The van der Waals surface area contributed by atoms with Gasteiger partial charge in [-0.2, -0.15) is 0 Å². The molecule has 4 rings (SSSR count). The fraction of sp³-hybridized carbons (Fsp3) is 0.316. The van der Waals surface area contributed by atoms with Gasteiger partial charge in [-0.15, -0.1) is 0 Å². The molecule has 2 aromatic carbocycles. The number of methoxy groups -OCH3 is 1. The predicted molar refractivity (Wildman–Crippen MR) is 90.1 cm³/mol. The van der Waals surface area contributed by atoms with Gasteiger partial charge in [-0.3, -0.25) is 4.90 Å². The first-order chi connectivity index (χ1) is 12.1. The highest BCUT2D eigenvalue weighted by molar-refractivity contribution is 5.70. The molecule has 0 aromatic heterocycles. The number of nitrogens with zero attached hydrogens (tertiary/aromatic N) is 1. The van der Waals surface area contributed by atoms with E-state index in [4.69, 9.17) is 15.2 Å². The molecule has 2 aromatic rings. The second-order valence-electron chi connectivity index (χ2n) is 6.38. The molecule has 6 heteroatoms. The maximum absolute atomic E-state index is 14.0. The molecular formula is C19H19FN2O3. The van der Waals surface area contributed by atoms with Crippen molar-refractivity contribution in [3.05, 3.63) is 59.4 Å². The highest BCUT2D eigenvalue weighted by Crippen LogP contribution is 2.54. The van der Waals surface area contributed by atoms with Gasteiger partial charge in [0.25, 0.3) is 0 Å². The molecule has 0 bridgehead atoms. The molecule has 3 atom stereocenters. The van der Waals surface area contributed by atoms with E-state index >= 15 is 0 Å². The Kier molecular flexibility index (Phi) is 3.84. The first kappa shape index (κ1) is 15.9. The van der Waals surface area contributed by atoms with E-state index in [2.05, 4.69) is 0 Å². The van der Waals surface area contributed by atoms with Gasteiger partial charge in [0.1, 0.15) is 17.3 Å². The van der Waals surface area contributed by atoms with Crippen LogP contribution in [0, 0.1) is 5.82 Å². The zero-order chi connectivity index (χ0) is 17.6. The Morgan fingerprint density at radius 3 is 2.80 bits per heavy atom. The number of likely N-dealkylation sites (tertiary alicyclic amines) is 1. The molecule has 0 saturated carbocycles. The minimum Gasteiger partial charge on any atom is -0.457 e. The number of para-hydroxylation sites is 1. The Morgan fingerprint density at radius 2 is 2.04 bits per heavy atom. The second-order valence-corrected chi connectivity index (χ2v) is 6.38. The summed E-state index contributed by atoms with van der Waals surface area (Å²) in [5.41, 5.74) is 7.56. The van der Waals surface area contributed by atoms with E-state index in [-0.39, 0.29) is 23.8 Å². The minimum atomic E-state index is -0.461. The van der Waals surface area contributed by atoms with Crippen LogP contribution in [0.1, 0.15) is 29.5 Å². The number of fused-ring (bicyclic) bond motifs is 5. The molecular weight excluding hydrogens is 323 g/mol. The van der Waals surface area contributed by atoms with E-state index < -0.39 is 6.09 Å². The summed E-state index contributed by atoms with van der Waals surface area (Å²) < 4.78 is 25.0. The van der Waals surface area contributed by atoms with Crippen LogP contribution < -0.4 is 10.5 Å². The van der Waals surface area contributed by atoms with Crippen molar-refractivity contribution in [2.24, 2.45) is 5.73 Å². The number of benzene rings is 2. The number of carbonyl (C=O) groups is 1. The lowest BCUT2D eigenvalue weighted by molar-refractivity contribution is 0.102. The summed E-state index contributed by atoms with van der Waals surface area (Å²) in [6, 6.07) is 11.6. The number of amides is 1. The Morgan fingerprint density at radius 1 is 1.28 bits per heavy atom. The number of carbonyl (C=O) groups excluding carboxylic acids is 1. The van der Waals surface area contributed by atoms with E-state index in [1.54, 1.807) is 11.0 Å². The van der Waals surface area contributed by atoms with Gasteiger partial charge in [0.2, 0.25) is 0 Å². The molecule has 5 nitrogen and oxygen atoms in total. The third kappa shape index (κ3) is 2.44. The molecule has 2 aliphatic heterocycles. The number of rotatable bonds is 1. The van der Waals surface area contributed by atoms with E-state index in [0.717, 1.165) is 11.3 Å². The highest BCUT2D eigenvalue weighted by Gasteiger charge is 2.48.